The molecule has 2 heterocycles. The molecule has 0 saturated carbocycles. The molecule has 25 heavy (non-hydrogen) atoms. The molecule has 0 aliphatic carbocycles. The Bertz CT molecular complexity index is 939. The van der Waals surface area contributed by atoms with Gasteiger partial charge in [-0.1, -0.05) is 12.1 Å². The van der Waals surface area contributed by atoms with Gasteiger partial charge < -0.3 is 4.57 Å². The van der Waals surface area contributed by atoms with Crippen LogP contribution in [0.4, 0.5) is 5.95 Å². The molecule has 1 N–H and O–H groups in total. The van der Waals surface area contributed by atoms with Gasteiger partial charge in [-0.25, -0.2) is 4.98 Å². The SMILES string of the molecule is CCn1c(NC(=O)CCC(=O)c2cc(C)sc2C)nc2ccccc21. The quantitative estimate of drug-likeness (QED) is 0.669. The molecule has 0 bridgehead atoms. The number of nitrogens with one attached hydrogen (secondary N) is 1. The predicted molar refractivity (Wildman–Crippen MR) is 101 cm³/mol. The van der Waals surface area contributed by atoms with E-state index in [0.29, 0.717) is 12.5 Å². The smallest absolute Gasteiger partial charge is 0.227 e. The van der Waals surface area contributed by atoms with Crippen molar-refractivity contribution in [1.29, 1.82) is 0 Å². The Morgan fingerprint density at radius 3 is 2.64 bits per heavy atom. The molecule has 6 heteroatoms. The lowest BCUT2D eigenvalue weighted by atomic mass is 10.1. The van der Waals surface area contributed by atoms with Gasteiger partial charge in [-0.3, -0.25) is 14.9 Å². The summed E-state index contributed by atoms with van der Waals surface area (Å²) in [6.45, 7) is 6.64. The Hall–Kier alpha value is -2.47. The minimum absolute atomic E-state index is 0.0148. The number of aromatic nitrogens is 2. The second-order valence-corrected chi connectivity index (χ2v) is 7.43. The van der Waals surface area contributed by atoms with E-state index in [-0.39, 0.29) is 24.5 Å². The fraction of sp³-hybridized carbons (Fsp3) is 0.316. The third-order valence-electron chi connectivity index (χ3n) is 4.14. The lowest BCUT2D eigenvalue weighted by Crippen LogP contribution is -2.16. The van der Waals surface area contributed by atoms with E-state index in [1.165, 1.54) is 0 Å². The highest BCUT2D eigenvalue weighted by atomic mass is 32.1. The molecule has 0 saturated heterocycles. The molecular weight excluding hydrogens is 334 g/mol. The van der Waals surface area contributed by atoms with Gasteiger partial charge in [0, 0.05) is 34.7 Å². The minimum Gasteiger partial charge on any atom is -0.310 e. The molecule has 5 nitrogen and oxygen atoms in total. The Balaban J connectivity index is 1.67. The molecule has 1 amide bonds. The third-order valence-corrected chi connectivity index (χ3v) is 5.11. The van der Waals surface area contributed by atoms with Crippen LogP contribution >= 0.6 is 11.3 Å². The molecule has 130 valence electrons. The Morgan fingerprint density at radius 1 is 1.20 bits per heavy atom. The predicted octanol–water partition coefficient (Wildman–Crippen LogP) is 4.34. The molecule has 1 aromatic carbocycles. The summed E-state index contributed by atoms with van der Waals surface area (Å²) in [5, 5.41) is 2.84. The van der Waals surface area contributed by atoms with Gasteiger partial charge >= 0.3 is 0 Å². The maximum atomic E-state index is 12.3. The average molecular weight is 355 g/mol. The number of hydrogen-bond acceptors (Lipinski definition) is 4. The molecule has 3 rings (SSSR count). The summed E-state index contributed by atoms with van der Waals surface area (Å²) >= 11 is 1.61. The zero-order valence-corrected chi connectivity index (χ0v) is 15.4. The number of rotatable bonds is 6. The summed E-state index contributed by atoms with van der Waals surface area (Å²) in [7, 11) is 0. The Labute approximate surface area is 150 Å². The summed E-state index contributed by atoms with van der Waals surface area (Å²) < 4.78 is 1.96. The van der Waals surface area contributed by atoms with Crippen LogP contribution in [0.25, 0.3) is 11.0 Å². The number of aryl methyl sites for hydroxylation is 3. The van der Waals surface area contributed by atoms with Crippen LogP contribution in [-0.2, 0) is 11.3 Å². The van der Waals surface area contributed by atoms with Crippen molar-refractivity contribution >= 4 is 40.0 Å². The third kappa shape index (κ3) is 3.64. The Kier molecular flexibility index (Phi) is 4.99. The topological polar surface area (TPSA) is 64.0 Å². The monoisotopic (exact) mass is 355 g/mol. The van der Waals surface area contributed by atoms with E-state index >= 15 is 0 Å². The van der Waals surface area contributed by atoms with Crippen LogP contribution in [-0.4, -0.2) is 21.2 Å². The standard InChI is InChI=1S/C19H21N3O2S/c1-4-22-16-8-6-5-7-15(16)20-19(22)21-18(24)10-9-17(23)14-11-12(2)25-13(14)3/h5-8,11H,4,9-10H2,1-3H3,(H,20,21,24). The van der Waals surface area contributed by atoms with E-state index in [1.54, 1.807) is 11.3 Å². The van der Waals surface area contributed by atoms with Crippen molar-refractivity contribution in [3.8, 4) is 0 Å². The van der Waals surface area contributed by atoms with Gasteiger partial charge in [-0.05, 0) is 39.0 Å². The van der Waals surface area contributed by atoms with Crippen molar-refractivity contribution in [2.75, 3.05) is 5.32 Å². The van der Waals surface area contributed by atoms with Gasteiger partial charge in [-0.2, -0.15) is 0 Å². The molecule has 0 spiro atoms. The molecule has 3 aromatic rings. The van der Waals surface area contributed by atoms with Crippen molar-refractivity contribution in [2.24, 2.45) is 0 Å². The number of hydrogen-bond donors (Lipinski definition) is 1. The molecule has 2 aromatic heterocycles. The van der Waals surface area contributed by atoms with Crippen LogP contribution in [0, 0.1) is 13.8 Å². The van der Waals surface area contributed by atoms with Crippen LogP contribution in [0.3, 0.4) is 0 Å². The number of fused-ring (bicyclic) bond motifs is 1. The first-order chi connectivity index (χ1) is 12.0. The second-order valence-electron chi connectivity index (χ2n) is 5.97. The van der Waals surface area contributed by atoms with Crippen molar-refractivity contribution in [1.82, 2.24) is 9.55 Å². The first-order valence-corrected chi connectivity index (χ1v) is 9.16. The van der Waals surface area contributed by atoms with Crippen molar-refractivity contribution < 1.29 is 9.59 Å². The summed E-state index contributed by atoms with van der Waals surface area (Å²) in [6.07, 6.45) is 0.356. The number of carbonyl (C=O) groups is 2. The molecule has 0 atom stereocenters. The zero-order chi connectivity index (χ0) is 18.0. The van der Waals surface area contributed by atoms with Gasteiger partial charge in [0.05, 0.1) is 11.0 Å². The van der Waals surface area contributed by atoms with Crippen LogP contribution in [0.15, 0.2) is 30.3 Å². The number of para-hydroxylation sites is 2. The summed E-state index contributed by atoms with van der Waals surface area (Å²) in [5.41, 5.74) is 2.57. The first-order valence-electron chi connectivity index (χ1n) is 8.35. The lowest BCUT2D eigenvalue weighted by Gasteiger charge is -2.07. The Morgan fingerprint density at radius 2 is 1.96 bits per heavy atom. The second kappa shape index (κ2) is 7.19. The fourth-order valence-electron chi connectivity index (χ4n) is 2.95. The lowest BCUT2D eigenvalue weighted by molar-refractivity contribution is -0.116. The van der Waals surface area contributed by atoms with Crippen molar-refractivity contribution in [3.63, 3.8) is 0 Å². The first kappa shape index (κ1) is 17.4. The van der Waals surface area contributed by atoms with Crippen molar-refractivity contribution in [2.45, 2.75) is 40.2 Å². The number of nitrogens with zero attached hydrogens (tertiary/aromatic N) is 2. The summed E-state index contributed by atoms with van der Waals surface area (Å²) in [6, 6.07) is 9.67. The van der Waals surface area contributed by atoms with Gasteiger partial charge in [-0.15, -0.1) is 11.3 Å². The van der Waals surface area contributed by atoms with Gasteiger partial charge in [0.1, 0.15) is 0 Å². The largest absolute Gasteiger partial charge is 0.310 e. The van der Waals surface area contributed by atoms with E-state index in [1.807, 2.05) is 55.7 Å². The molecule has 0 unspecified atom stereocenters. The maximum Gasteiger partial charge on any atom is 0.227 e. The molecule has 0 aliphatic heterocycles. The average Bonchev–Trinajstić information content (AvgIpc) is 3.11. The van der Waals surface area contributed by atoms with E-state index in [4.69, 9.17) is 0 Å². The summed E-state index contributed by atoms with van der Waals surface area (Å²) in [4.78, 5) is 31.2. The maximum absolute atomic E-state index is 12.3. The van der Waals surface area contributed by atoms with Crippen LogP contribution in [0.2, 0.25) is 0 Å². The van der Waals surface area contributed by atoms with E-state index in [9.17, 15) is 9.59 Å². The highest BCUT2D eigenvalue weighted by Gasteiger charge is 2.16. The van der Waals surface area contributed by atoms with Crippen molar-refractivity contribution in [3.05, 3.63) is 45.6 Å². The van der Waals surface area contributed by atoms with E-state index in [0.717, 1.165) is 26.4 Å². The number of thiophene rings is 1. The minimum atomic E-state index is -0.192. The fourth-order valence-corrected chi connectivity index (χ4v) is 3.89. The van der Waals surface area contributed by atoms with Gasteiger partial charge in [0.25, 0.3) is 0 Å². The molecule has 0 radical (unpaired) electrons. The number of Topliss-reactive ketones (excluding diaryl/α,β-unsaturated/α-hetero) is 1. The number of benzene rings is 1. The van der Waals surface area contributed by atoms with Gasteiger partial charge in [0.2, 0.25) is 11.9 Å². The van der Waals surface area contributed by atoms with Crippen LogP contribution in [0.1, 0.15) is 39.9 Å². The van der Waals surface area contributed by atoms with Crippen LogP contribution in [0.5, 0.6) is 0 Å². The van der Waals surface area contributed by atoms with Gasteiger partial charge in [0.15, 0.2) is 5.78 Å². The number of anilines is 1. The highest BCUT2D eigenvalue weighted by Crippen LogP contribution is 2.23. The number of imidazole rings is 1. The highest BCUT2D eigenvalue weighted by molar-refractivity contribution is 7.12. The summed E-state index contributed by atoms with van der Waals surface area (Å²) in [5.74, 6) is 0.354. The number of ketones is 1. The zero-order valence-electron chi connectivity index (χ0n) is 14.6. The number of amides is 1. The molecule has 0 fully saturated rings. The van der Waals surface area contributed by atoms with E-state index in [2.05, 4.69) is 10.3 Å². The van der Waals surface area contributed by atoms with E-state index < -0.39 is 0 Å². The van der Waals surface area contributed by atoms with Crippen LogP contribution < -0.4 is 5.32 Å². The normalized spacial score (nSPS) is 11.0. The number of carbonyl (C=O) groups excluding carboxylic acids is 2. The molecule has 0 aliphatic rings. The molecular formula is C19H21N3O2S.